The summed E-state index contributed by atoms with van der Waals surface area (Å²) >= 11 is 1.90. The molecule has 0 aliphatic carbocycles. The average molecular weight is 572 g/mol. The molecule has 206 valence electrons. The summed E-state index contributed by atoms with van der Waals surface area (Å²) < 4.78 is 0. The summed E-state index contributed by atoms with van der Waals surface area (Å²) in [5, 5.41) is 10.2. The third-order valence-corrected chi connectivity index (χ3v) is 9.44. The highest BCUT2D eigenvalue weighted by atomic mass is 32.2. The van der Waals surface area contributed by atoms with Crippen LogP contribution in [0.25, 0.3) is 27.6 Å². The number of fused-ring (bicyclic) bond motifs is 3. The summed E-state index contributed by atoms with van der Waals surface area (Å²) in [6, 6.07) is 51.7. The van der Waals surface area contributed by atoms with Crippen molar-refractivity contribution in [2.24, 2.45) is 4.99 Å². The molecule has 0 saturated heterocycles. The highest BCUT2D eigenvalue weighted by Gasteiger charge is 2.25. The Kier molecular flexibility index (Phi) is 6.54. The second kappa shape index (κ2) is 11.0. The summed E-state index contributed by atoms with van der Waals surface area (Å²) in [6.45, 7) is 0. The fraction of sp³-hybridized carbons (Fsp3) is 0.0513. The molecule has 43 heavy (non-hydrogen) atoms. The van der Waals surface area contributed by atoms with E-state index in [0.29, 0.717) is 0 Å². The molecule has 8 rings (SSSR count). The van der Waals surface area contributed by atoms with Gasteiger partial charge in [0.05, 0.1) is 11.7 Å². The molecule has 2 heterocycles. The second-order valence-corrected chi connectivity index (χ2v) is 12.0. The van der Waals surface area contributed by atoms with Gasteiger partial charge in [-0.3, -0.25) is 0 Å². The highest BCUT2D eigenvalue weighted by molar-refractivity contribution is 8.00. The van der Waals surface area contributed by atoms with Crippen LogP contribution in [0.2, 0.25) is 0 Å². The van der Waals surface area contributed by atoms with Crippen molar-refractivity contribution < 1.29 is 0 Å². The van der Waals surface area contributed by atoms with Crippen molar-refractivity contribution in [3.63, 3.8) is 0 Å². The maximum absolute atomic E-state index is 5.11. The summed E-state index contributed by atoms with van der Waals surface area (Å²) in [5.41, 5.74) is 9.24. The summed E-state index contributed by atoms with van der Waals surface area (Å²) in [7, 11) is 0. The quantitative estimate of drug-likeness (QED) is 0.216. The molecular formula is C39H29N3S. The molecule has 2 atom stereocenters. The van der Waals surface area contributed by atoms with E-state index >= 15 is 0 Å². The molecule has 0 fully saturated rings. The SMILES string of the molecule is C1=C(c2ccccc2)N=C(c2cccc(-c3ccc4c5c(ccc4c3)NC(c3ccccc3)S5)c2)NC1c1ccccc1. The van der Waals surface area contributed by atoms with E-state index in [0.717, 1.165) is 22.7 Å². The third-order valence-electron chi connectivity index (χ3n) is 8.14. The Morgan fingerprint density at radius 3 is 2.00 bits per heavy atom. The minimum Gasteiger partial charge on any atom is -0.368 e. The van der Waals surface area contributed by atoms with Gasteiger partial charge in [-0.1, -0.05) is 139 Å². The van der Waals surface area contributed by atoms with Gasteiger partial charge in [-0.25, -0.2) is 4.99 Å². The Balaban J connectivity index is 1.13. The van der Waals surface area contributed by atoms with Crippen molar-refractivity contribution in [1.29, 1.82) is 0 Å². The van der Waals surface area contributed by atoms with E-state index in [1.54, 1.807) is 0 Å². The molecule has 0 saturated carbocycles. The zero-order chi connectivity index (χ0) is 28.6. The van der Waals surface area contributed by atoms with Crippen LogP contribution in [0.4, 0.5) is 5.69 Å². The topological polar surface area (TPSA) is 36.4 Å². The lowest BCUT2D eigenvalue weighted by atomic mass is 9.97. The molecule has 2 aliphatic heterocycles. The lowest BCUT2D eigenvalue weighted by molar-refractivity contribution is 0.781. The smallest absolute Gasteiger partial charge is 0.134 e. The van der Waals surface area contributed by atoms with Crippen LogP contribution in [0.1, 0.15) is 33.7 Å². The van der Waals surface area contributed by atoms with Crippen LogP contribution in [0, 0.1) is 0 Å². The number of hydrogen-bond donors (Lipinski definition) is 2. The molecule has 3 nitrogen and oxygen atoms in total. The molecule has 0 spiro atoms. The number of nitrogens with one attached hydrogen (secondary N) is 2. The minimum absolute atomic E-state index is 0.0288. The van der Waals surface area contributed by atoms with Gasteiger partial charge in [0.25, 0.3) is 0 Å². The molecule has 0 aromatic heterocycles. The van der Waals surface area contributed by atoms with Crippen molar-refractivity contribution in [1.82, 2.24) is 5.32 Å². The van der Waals surface area contributed by atoms with Crippen LogP contribution in [0.5, 0.6) is 0 Å². The van der Waals surface area contributed by atoms with Gasteiger partial charge in [0.2, 0.25) is 0 Å². The predicted molar refractivity (Wildman–Crippen MR) is 181 cm³/mol. The fourth-order valence-electron chi connectivity index (χ4n) is 5.93. The maximum Gasteiger partial charge on any atom is 0.134 e. The molecule has 2 N–H and O–H groups in total. The van der Waals surface area contributed by atoms with Crippen LogP contribution in [0.15, 0.2) is 162 Å². The first-order valence-corrected chi connectivity index (χ1v) is 15.5. The van der Waals surface area contributed by atoms with Crippen molar-refractivity contribution in [3.05, 3.63) is 174 Å². The van der Waals surface area contributed by atoms with E-state index in [1.165, 1.54) is 43.6 Å². The lowest BCUT2D eigenvalue weighted by Crippen LogP contribution is -2.31. The number of nitrogens with zero attached hydrogens (tertiary/aromatic N) is 1. The predicted octanol–water partition coefficient (Wildman–Crippen LogP) is 9.86. The van der Waals surface area contributed by atoms with Crippen LogP contribution in [0.3, 0.4) is 0 Å². The summed E-state index contributed by atoms with van der Waals surface area (Å²) in [6.07, 6.45) is 2.22. The van der Waals surface area contributed by atoms with Crippen molar-refractivity contribution in [2.75, 3.05) is 5.32 Å². The zero-order valence-electron chi connectivity index (χ0n) is 23.4. The van der Waals surface area contributed by atoms with E-state index in [1.807, 2.05) is 17.8 Å². The zero-order valence-corrected chi connectivity index (χ0v) is 24.3. The van der Waals surface area contributed by atoms with Crippen molar-refractivity contribution in [2.45, 2.75) is 16.3 Å². The first kappa shape index (κ1) is 25.6. The standard InChI is InChI=1S/C39H29N3S/c1-4-11-26(12-5-1)35-25-36(27-13-6-2-7-14-27)41-38(40-35)32-18-10-17-29(24-32)30-19-21-33-31(23-30)20-22-34-37(33)43-39(42-34)28-15-8-3-9-16-28/h1-25,35,39,42H,(H,40,41). The van der Waals surface area contributed by atoms with Crippen LogP contribution in [-0.4, -0.2) is 5.84 Å². The Morgan fingerprint density at radius 2 is 1.21 bits per heavy atom. The summed E-state index contributed by atoms with van der Waals surface area (Å²) in [5.74, 6) is 0.880. The number of rotatable bonds is 5. The van der Waals surface area contributed by atoms with Crippen LogP contribution < -0.4 is 10.6 Å². The van der Waals surface area contributed by atoms with Crippen molar-refractivity contribution >= 4 is 39.8 Å². The van der Waals surface area contributed by atoms with Gasteiger partial charge < -0.3 is 10.6 Å². The molecule has 6 aromatic rings. The van der Waals surface area contributed by atoms with Crippen LogP contribution in [-0.2, 0) is 0 Å². The Bertz CT molecular complexity index is 2000. The number of anilines is 1. The first-order chi connectivity index (χ1) is 21.3. The fourth-order valence-corrected chi connectivity index (χ4v) is 7.21. The van der Waals surface area contributed by atoms with Gasteiger partial charge in [0.15, 0.2) is 0 Å². The lowest BCUT2D eigenvalue weighted by Gasteiger charge is -2.24. The molecular weight excluding hydrogens is 543 g/mol. The molecule has 0 bridgehead atoms. The number of thioether (sulfide) groups is 1. The molecule has 0 radical (unpaired) electrons. The molecule has 6 aromatic carbocycles. The normalized spacial score (nSPS) is 17.4. The van der Waals surface area contributed by atoms with E-state index < -0.39 is 0 Å². The highest BCUT2D eigenvalue weighted by Crippen LogP contribution is 2.50. The van der Waals surface area contributed by atoms with E-state index in [9.17, 15) is 0 Å². The second-order valence-electron chi connectivity index (χ2n) is 10.9. The van der Waals surface area contributed by atoms with Gasteiger partial charge in [0.1, 0.15) is 11.2 Å². The van der Waals surface area contributed by atoms with Gasteiger partial charge >= 0.3 is 0 Å². The van der Waals surface area contributed by atoms with Crippen molar-refractivity contribution in [3.8, 4) is 11.1 Å². The minimum atomic E-state index is 0.0288. The van der Waals surface area contributed by atoms with E-state index in [-0.39, 0.29) is 11.4 Å². The van der Waals surface area contributed by atoms with E-state index in [2.05, 4.69) is 156 Å². The monoisotopic (exact) mass is 571 g/mol. The third kappa shape index (κ3) is 5.00. The Hall–Kier alpha value is -5.06. The summed E-state index contributed by atoms with van der Waals surface area (Å²) in [4.78, 5) is 6.43. The molecule has 2 unspecified atom stereocenters. The van der Waals surface area contributed by atoms with Crippen LogP contribution >= 0.6 is 11.8 Å². The van der Waals surface area contributed by atoms with Gasteiger partial charge in [-0.15, -0.1) is 0 Å². The molecule has 2 aliphatic rings. The molecule has 4 heteroatoms. The number of aliphatic imine (C=N–C) groups is 1. The first-order valence-electron chi connectivity index (χ1n) is 14.6. The van der Waals surface area contributed by atoms with E-state index in [4.69, 9.17) is 4.99 Å². The van der Waals surface area contributed by atoms with Gasteiger partial charge in [0, 0.05) is 16.1 Å². The van der Waals surface area contributed by atoms with Gasteiger partial charge in [-0.05, 0) is 62.9 Å². The average Bonchev–Trinajstić information content (AvgIpc) is 3.54. The number of amidine groups is 1. The largest absolute Gasteiger partial charge is 0.368 e. The Labute approximate surface area is 256 Å². The number of benzene rings is 6. The molecule has 0 amide bonds. The van der Waals surface area contributed by atoms with Gasteiger partial charge in [-0.2, -0.15) is 0 Å². The number of hydrogen-bond acceptors (Lipinski definition) is 4. The Morgan fingerprint density at radius 1 is 0.535 bits per heavy atom. The maximum atomic E-state index is 5.11.